The highest BCUT2D eigenvalue weighted by Crippen LogP contribution is 2.23. The van der Waals surface area contributed by atoms with Crippen molar-refractivity contribution >= 4 is 23.6 Å². The Morgan fingerprint density at radius 3 is 2.26 bits per heavy atom. The fraction of sp³-hybridized carbons (Fsp3) is 0.0800. The third-order valence-electron chi connectivity index (χ3n) is 4.31. The summed E-state index contributed by atoms with van der Waals surface area (Å²) in [4.78, 5) is 26.0. The van der Waals surface area contributed by atoms with Crippen LogP contribution in [0.5, 0.6) is 11.5 Å². The standard InChI is InChI=1S/C25H21N3O3/c1-28(2)25(30)19-11-13-21(14-12-19)27-24(29)20(17-26)15-18-7-6-10-23(16-18)31-22-8-4-3-5-9-22/h3-16H,1-2H3,(H,27,29)/b20-15+. The number of amides is 2. The number of carbonyl (C=O) groups excluding carboxylic acids is 2. The molecule has 0 aliphatic carbocycles. The van der Waals surface area contributed by atoms with Gasteiger partial charge in [-0.05, 0) is 60.2 Å². The van der Waals surface area contributed by atoms with Crippen molar-refractivity contribution in [2.45, 2.75) is 0 Å². The first-order valence-corrected chi connectivity index (χ1v) is 9.54. The third-order valence-corrected chi connectivity index (χ3v) is 4.31. The second kappa shape index (κ2) is 9.90. The van der Waals surface area contributed by atoms with Gasteiger partial charge in [-0.1, -0.05) is 30.3 Å². The molecule has 0 aliphatic rings. The van der Waals surface area contributed by atoms with Crippen molar-refractivity contribution < 1.29 is 14.3 Å². The van der Waals surface area contributed by atoms with Gasteiger partial charge >= 0.3 is 0 Å². The van der Waals surface area contributed by atoms with E-state index in [1.54, 1.807) is 62.6 Å². The minimum atomic E-state index is -0.538. The molecule has 0 fully saturated rings. The van der Waals surface area contributed by atoms with Crippen LogP contribution in [0.2, 0.25) is 0 Å². The predicted molar refractivity (Wildman–Crippen MR) is 120 cm³/mol. The van der Waals surface area contributed by atoms with E-state index in [4.69, 9.17) is 4.74 Å². The van der Waals surface area contributed by atoms with Gasteiger partial charge < -0.3 is 15.0 Å². The van der Waals surface area contributed by atoms with Crippen molar-refractivity contribution in [2.24, 2.45) is 0 Å². The number of nitriles is 1. The Morgan fingerprint density at radius 1 is 0.935 bits per heavy atom. The highest BCUT2D eigenvalue weighted by Gasteiger charge is 2.12. The van der Waals surface area contributed by atoms with Crippen LogP contribution in [-0.2, 0) is 4.79 Å². The number of ether oxygens (including phenoxy) is 1. The van der Waals surface area contributed by atoms with E-state index >= 15 is 0 Å². The second-order valence-corrected chi connectivity index (χ2v) is 6.89. The van der Waals surface area contributed by atoms with Gasteiger partial charge in [-0.25, -0.2) is 0 Å². The van der Waals surface area contributed by atoms with Gasteiger partial charge in [-0.3, -0.25) is 9.59 Å². The van der Waals surface area contributed by atoms with Crippen LogP contribution >= 0.6 is 0 Å². The van der Waals surface area contributed by atoms with E-state index in [-0.39, 0.29) is 11.5 Å². The Kier molecular flexibility index (Phi) is 6.82. The molecular weight excluding hydrogens is 390 g/mol. The number of para-hydroxylation sites is 1. The molecule has 0 saturated carbocycles. The summed E-state index contributed by atoms with van der Waals surface area (Å²) < 4.78 is 5.79. The van der Waals surface area contributed by atoms with Crippen LogP contribution in [0.15, 0.2) is 84.4 Å². The number of hydrogen-bond acceptors (Lipinski definition) is 4. The lowest BCUT2D eigenvalue weighted by Gasteiger charge is -2.11. The molecule has 6 heteroatoms. The zero-order valence-corrected chi connectivity index (χ0v) is 17.2. The Balaban J connectivity index is 1.73. The van der Waals surface area contributed by atoms with Crippen LogP contribution in [0, 0.1) is 11.3 Å². The molecule has 6 nitrogen and oxygen atoms in total. The van der Waals surface area contributed by atoms with Crippen LogP contribution in [0.3, 0.4) is 0 Å². The smallest absolute Gasteiger partial charge is 0.266 e. The summed E-state index contributed by atoms with van der Waals surface area (Å²) in [6.45, 7) is 0. The van der Waals surface area contributed by atoms with Crippen molar-refractivity contribution in [1.82, 2.24) is 4.90 Å². The summed E-state index contributed by atoms with van der Waals surface area (Å²) in [5.41, 5.74) is 1.61. The van der Waals surface area contributed by atoms with Crippen molar-refractivity contribution in [1.29, 1.82) is 5.26 Å². The first kappa shape index (κ1) is 21.3. The molecule has 0 aliphatic heterocycles. The topological polar surface area (TPSA) is 82.4 Å². The molecule has 0 bridgehead atoms. The van der Waals surface area contributed by atoms with E-state index in [0.29, 0.717) is 28.3 Å². The van der Waals surface area contributed by atoms with Gasteiger partial charge in [0, 0.05) is 25.3 Å². The molecular formula is C25H21N3O3. The van der Waals surface area contributed by atoms with Crippen molar-refractivity contribution in [3.63, 3.8) is 0 Å². The normalized spacial score (nSPS) is 10.7. The molecule has 0 atom stereocenters. The molecule has 154 valence electrons. The lowest BCUT2D eigenvalue weighted by molar-refractivity contribution is -0.112. The molecule has 0 heterocycles. The highest BCUT2D eigenvalue weighted by molar-refractivity contribution is 6.09. The van der Waals surface area contributed by atoms with Crippen molar-refractivity contribution in [3.8, 4) is 17.6 Å². The Bertz CT molecular complexity index is 1140. The molecule has 0 radical (unpaired) electrons. The quantitative estimate of drug-likeness (QED) is 0.470. The van der Waals surface area contributed by atoms with Crippen LogP contribution in [0.1, 0.15) is 15.9 Å². The number of benzene rings is 3. The zero-order valence-electron chi connectivity index (χ0n) is 17.2. The van der Waals surface area contributed by atoms with Gasteiger partial charge in [0.1, 0.15) is 23.1 Å². The maximum Gasteiger partial charge on any atom is 0.266 e. The summed E-state index contributed by atoms with van der Waals surface area (Å²) in [5, 5.41) is 12.1. The molecule has 0 saturated heterocycles. The van der Waals surface area contributed by atoms with Crippen LogP contribution in [0.25, 0.3) is 6.08 Å². The molecule has 31 heavy (non-hydrogen) atoms. The lowest BCUT2D eigenvalue weighted by Crippen LogP contribution is -2.21. The Morgan fingerprint density at radius 2 is 1.61 bits per heavy atom. The average molecular weight is 411 g/mol. The third kappa shape index (κ3) is 5.81. The summed E-state index contributed by atoms with van der Waals surface area (Å²) in [6.07, 6.45) is 1.50. The summed E-state index contributed by atoms with van der Waals surface area (Å²) in [6, 6.07) is 24.9. The van der Waals surface area contributed by atoms with E-state index in [1.165, 1.54) is 11.0 Å². The van der Waals surface area contributed by atoms with E-state index in [1.807, 2.05) is 36.4 Å². The summed E-state index contributed by atoms with van der Waals surface area (Å²) >= 11 is 0. The molecule has 2 amide bonds. The van der Waals surface area contributed by atoms with Crippen LogP contribution < -0.4 is 10.1 Å². The predicted octanol–water partition coefficient (Wildman–Crippen LogP) is 4.73. The van der Waals surface area contributed by atoms with Gasteiger partial charge in [0.15, 0.2) is 0 Å². The van der Waals surface area contributed by atoms with E-state index < -0.39 is 5.91 Å². The SMILES string of the molecule is CN(C)C(=O)c1ccc(NC(=O)/C(C#N)=C/c2cccc(Oc3ccccc3)c2)cc1. The minimum absolute atomic E-state index is 0.0506. The van der Waals surface area contributed by atoms with Gasteiger partial charge in [0.25, 0.3) is 11.8 Å². The largest absolute Gasteiger partial charge is 0.457 e. The number of nitrogens with one attached hydrogen (secondary N) is 1. The van der Waals surface area contributed by atoms with Crippen LogP contribution in [-0.4, -0.2) is 30.8 Å². The zero-order chi connectivity index (χ0) is 22.2. The lowest BCUT2D eigenvalue weighted by atomic mass is 10.1. The molecule has 3 rings (SSSR count). The number of hydrogen-bond donors (Lipinski definition) is 1. The van der Waals surface area contributed by atoms with E-state index in [9.17, 15) is 14.9 Å². The van der Waals surface area contributed by atoms with Gasteiger partial charge in [0.2, 0.25) is 0 Å². The minimum Gasteiger partial charge on any atom is -0.457 e. The highest BCUT2D eigenvalue weighted by atomic mass is 16.5. The molecule has 0 aromatic heterocycles. The number of rotatable bonds is 6. The number of anilines is 1. The average Bonchev–Trinajstić information content (AvgIpc) is 2.78. The molecule has 1 N–H and O–H groups in total. The van der Waals surface area contributed by atoms with Gasteiger partial charge in [-0.2, -0.15) is 5.26 Å². The molecule has 0 spiro atoms. The first-order valence-electron chi connectivity index (χ1n) is 9.54. The van der Waals surface area contributed by atoms with Crippen molar-refractivity contribution in [2.75, 3.05) is 19.4 Å². The molecule has 3 aromatic carbocycles. The van der Waals surface area contributed by atoms with E-state index in [2.05, 4.69) is 5.32 Å². The number of carbonyl (C=O) groups is 2. The fourth-order valence-electron chi connectivity index (χ4n) is 2.76. The monoisotopic (exact) mass is 411 g/mol. The van der Waals surface area contributed by atoms with E-state index in [0.717, 1.165) is 0 Å². The maximum atomic E-state index is 12.5. The van der Waals surface area contributed by atoms with Gasteiger partial charge in [0.05, 0.1) is 0 Å². The summed E-state index contributed by atoms with van der Waals surface area (Å²) in [5.74, 6) is 0.619. The fourth-order valence-corrected chi connectivity index (χ4v) is 2.76. The second-order valence-electron chi connectivity index (χ2n) is 6.89. The molecule has 3 aromatic rings. The Hall–Kier alpha value is -4.37. The summed E-state index contributed by atoms with van der Waals surface area (Å²) in [7, 11) is 3.34. The van der Waals surface area contributed by atoms with Crippen molar-refractivity contribution in [3.05, 3.63) is 95.6 Å². The maximum absolute atomic E-state index is 12.5. The first-order chi connectivity index (χ1) is 15.0. The Labute approximate surface area is 181 Å². The van der Waals surface area contributed by atoms with Gasteiger partial charge in [-0.15, -0.1) is 0 Å². The number of nitrogens with zero attached hydrogens (tertiary/aromatic N) is 2. The van der Waals surface area contributed by atoms with Crippen LogP contribution in [0.4, 0.5) is 5.69 Å². The molecule has 0 unspecified atom stereocenters.